The first-order chi connectivity index (χ1) is 15.7. The fourth-order valence-corrected chi connectivity index (χ4v) is 4.26. The van der Waals surface area contributed by atoms with Crippen molar-refractivity contribution in [3.63, 3.8) is 0 Å². The number of hydrogen-bond acceptors (Lipinski definition) is 5. The summed E-state index contributed by atoms with van der Waals surface area (Å²) in [4.78, 5) is 12.7. The number of thioether (sulfide) groups is 1. The van der Waals surface area contributed by atoms with Crippen molar-refractivity contribution in [1.82, 2.24) is 14.8 Å². The number of amides is 1. The highest BCUT2D eigenvalue weighted by atomic mass is 32.2. The topological polar surface area (TPSA) is 73.0 Å². The smallest absolute Gasteiger partial charge is 0.234 e. The molecular weight excluding hydrogens is 420 g/mol. The number of furan rings is 1. The van der Waals surface area contributed by atoms with Crippen molar-refractivity contribution in [3.05, 3.63) is 90.7 Å². The number of fused-ring (bicyclic) bond motifs is 1. The molecule has 0 bridgehead atoms. The number of aromatic nitrogens is 3. The zero-order chi connectivity index (χ0) is 21.9. The molecule has 158 valence electrons. The third kappa shape index (κ3) is 4.02. The second-order valence-electron chi connectivity index (χ2n) is 7.32. The highest BCUT2D eigenvalue weighted by Gasteiger charge is 2.19. The SMILES string of the molecule is Cc1ccc(-n2c(SCC(=O)Nc3cccc4ccccc34)nnc2-c2ccco2)cc1. The van der Waals surface area contributed by atoms with Gasteiger partial charge in [0.15, 0.2) is 10.9 Å². The van der Waals surface area contributed by atoms with Gasteiger partial charge in [0, 0.05) is 16.8 Å². The molecule has 2 heterocycles. The molecule has 0 atom stereocenters. The van der Waals surface area contributed by atoms with Crippen LogP contribution in [0.5, 0.6) is 0 Å². The van der Waals surface area contributed by atoms with Crippen LogP contribution in [-0.2, 0) is 4.79 Å². The van der Waals surface area contributed by atoms with E-state index in [0.717, 1.165) is 27.7 Å². The Labute approximate surface area is 189 Å². The first-order valence-corrected chi connectivity index (χ1v) is 11.1. The number of carbonyl (C=O) groups is 1. The Balaban J connectivity index is 1.39. The normalized spacial score (nSPS) is 11.0. The standard InChI is InChI=1S/C25H20N4O2S/c1-17-11-13-19(14-12-17)29-24(22-10-5-15-31-22)27-28-25(29)32-16-23(30)26-21-9-4-7-18-6-2-3-8-20(18)21/h2-15H,16H2,1H3,(H,26,30). The second kappa shape index (κ2) is 8.72. The fraction of sp³-hybridized carbons (Fsp3) is 0.0800. The first-order valence-electron chi connectivity index (χ1n) is 10.2. The van der Waals surface area contributed by atoms with Crippen LogP contribution in [0.3, 0.4) is 0 Å². The van der Waals surface area contributed by atoms with Crippen LogP contribution in [0.2, 0.25) is 0 Å². The molecule has 0 aliphatic carbocycles. The first kappa shape index (κ1) is 20.1. The lowest BCUT2D eigenvalue weighted by atomic mass is 10.1. The predicted octanol–water partition coefficient (Wildman–Crippen LogP) is 5.72. The lowest BCUT2D eigenvalue weighted by molar-refractivity contribution is -0.113. The van der Waals surface area contributed by atoms with E-state index >= 15 is 0 Å². The molecule has 0 aliphatic heterocycles. The van der Waals surface area contributed by atoms with Crippen molar-refractivity contribution < 1.29 is 9.21 Å². The Hall–Kier alpha value is -3.84. The summed E-state index contributed by atoms with van der Waals surface area (Å²) in [6.45, 7) is 2.04. The predicted molar refractivity (Wildman–Crippen MR) is 127 cm³/mol. The lowest BCUT2D eigenvalue weighted by Crippen LogP contribution is -2.14. The fourth-order valence-electron chi connectivity index (χ4n) is 3.51. The molecule has 2 aromatic heterocycles. The van der Waals surface area contributed by atoms with Gasteiger partial charge in [0.25, 0.3) is 0 Å². The Morgan fingerprint density at radius 3 is 2.59 bits per heavy atom. The summed E-state index contributed by atoms with van der Waals surface area (Å²) in [6.07, 6.45) is 1.61. The Morgan fingerprint density at radius 1 is 0.969 bits per heavy atom. The Kier molecular flexibility index (Phi) is 5.47. The van der Waals surface area contributed by atoms with Gasteiger partial charge < -0.3 is 9.73 Å². The van der Waals surface area contributed by atoms with Crippen LogP contribution >= 0.6 is 11.8 Å². The summed E-state index contributed by atoms with van der Waals surface area (Å²) in [6, 6.07) is 25.6. The average Bonchev–Trinajstić information content (AvgIpc) is 3.48. The van der Waals surface area contributed by atoms with Gasteiger partial charge in [-0.1, -0.05) is 65.9 Å². The van der Waals surface area contributed by atoms with Crippen LogP contribution in [0.15, 0.2) is 94.7 Å². The number of aryl methyl sites for hydroxylation is 1. The van der Waals surface area contributed by atoms with E-state index in [4.69, 9.17) is 4.42 Å². The quantitative estimate of drug-likeness (QED) is 0.342. The van der Waals surface area contributed by atoms with Gasteiger partial charge >= 0.3 is 0 Å². The van der Waals surface area contributed by atoms with Gasteiger partial charge in [-0.05, 0) is 42.6 Å². The Morgan fingerprint density at radius 2 is 1.78 bits per heavy atom. The van der Waals surface area contributed by atoms with Crippen LogP contribution in [0, 0.1) is 6.92 Å². The molecule has 0 saturated heterocycles. The van der Waals surface area contributed by atoms with E-state index in [-0.39, 0.29) is 11.7 Å². The third-order valence-corrected chi connectivity index (χ3v) is 5.99. The van der Waals surface area contributed by atoms with Crippen molar-refractivity contribution in [2.24, 2.45) is 0 Å². The number of hydrogen-bond donors (Lipinski definition) is 1. The highest BCUT2D eigenvalue weighted by molar-refractivity contribution is 7.99. The minimum atomic E-state index is -0.107. The molecule has 5 rings (SSSR count). The van der Waals surface area contributed by atoms with Gasteiger partial charge in [-0.3, -0.25) is 9.36 Å². The van der Waals surface area contributed by atoms with Crippen LogP contribution in [0.1, 0.15) is 5.56 Å². The summed E-state index contributed by atoms with van der Waals surface area (Å²) in [5, 5.41) is 14.4. The summed E-state index contributed by atoms with van der Waals surface area (Å²) >= 11 is 1.33. The molecule has 1 amide bonds. The maximum absolute atomic E-state index is 12.7. The van der Waals surface area contributed by atoms with Crippen LogP contribution in [0.4, 0.5) is 5.69 Å². The molecule has 3 aromatic carbocycles. The molecular formula is C25H20N4O2S. The maximum Gasteiger partial charge on any atom is 0.234 e. The largest absolute Gasteiger partial charge is 0.461 e. The molecule has 5 aromatic rings. The molecule has 0 unspecified atom stereocenters. The monoisotopic (exact) mass is 440 g/mol. The molecule has 0 radical (unpaired) electrons. The van der Waals surface area contributed by atoms with Crippen molar-refractivity contribution in [1.29, 1.82) is 0 Å². The van der Waals surface area contributed by atoms with Gasteiger partial charge in [-0.2, -0.15) is 0 Å². The van der Waals surface area contributed by atoms with E-state index in [2.05, 4.69) is 15.5 Å². The molecule has 0 aliphatic rings. The number of rotatable bonds is 6. The minimum Gasteiger partial charge on any atom is -0.461 e. The summed E-state index contributed by atoms with van der Waals surface area (Å²) < 4.78 is 7.46. The van der Waals surface area contributed by atoms with E-state index in [1.54, 1.807) is 6.26 Å². The van der Waals surface area contributed by atoms with Crippen molar-refractivity contribution in [2.45, 2.75) is 12.1 Å². The minimum absolute atomic E-state index is 0.107. The number of nitrogens with one attached hydrogen (secondary N) is 1. The second-order valence-corrected chi connectivity index (χ2v) is 8.26. The zero-order valence-electron chi connectivity index (χ0n) is 17.4. The molecule has 32 heavy (non-hydrogen) atoms. The average molecular weight is 441 g/mol. The summed E-state index contributed by atoms with van der Waals surface area (Å²) in [7, 11) is 0. The third-order valence-electron chi connectivity index (χ3n) is 5.06. The van der Waals surface area contributed by atoms with E-state index in [9.17, 15) is 4.79 Å². The molecule has 0 spiro atoms. The molecule has 7 heteroatoms. The van der Waals surface area contributed by atoms with E-state index in [1.165, 1.54) is 11.8 Å². The van der Waals surface area contributed by atoms with Crippen molar-refractivity contribution >= 4 is 34.1 Å². The van der Waals surface area contributed by atoms with Gasteiger partial charge in [-0.15, -0.1) is 10.2 Å². The van der Waals surface area contributed by atoms with E-state index in [0.29, 0.717) is 16.7 Å². The number of benzene rings is 3. The Bertz CT molecular complexity index is 1370. The summed E-state index contributed by atoms with van der Waals surface area (Å²) in [5.74, 6) is 1.30. The van der Waals surface area contributed by atoms with Gasteiger partial charge in [-0.25, -0.2) is 0 Å². The van der Waals surface area contributed by atoms with Crippen molar-refractivity contribution in [3.8, 4) is 17.3 Å². The van der Waals surface area contributed by atoms with E-state index < -0.39 is 0 Å². The van der Waals surface area contributed by atoms with Crippen LogP contribution < -0.4 is 5.32 Å². The van der Waals surface area contributed by atoms with E-state index in [1.807, 2.05) is 90.4 Å². The molecule has 6 nitrogen and oxygen atoms in total. The van der Waals surface area contributed by atoms with Gasteiger partial charge in [0.05, 0.1) is 12.0 Å². The van der Waals surface area contributed by atoms with Crippen LogP contribution in [0.25, 0.3) is 28.0 Å². The molecule has 0 saturated carbocycles. The van der Waals surface area contributed by atoms with Crippen molar-refractivity contribution in [2.75, 3.05) is 11.1 Å². The van der Waals surface area contributed by atoms with Gasteiger partial charge in [0.2, 0.25) is 11.7 Å². The number of nitrogens with zero attached hydrogens (tertiary/aromatic N) is 3. The zero-order valence-corrected chi connectivity index (χ0v) is 18.2. The highest BCUT2D eigenvalue weighted by Crippen LogP contribution is 2.29. The number of carbonyl (C=O) groups excluding carboxylic acids is 1. The van der Waals surface area contributed by atoms with Gasteiger partial charge in [0.1, 0.15) is 0 Å². The lowest BCUT2D eigenvalue weighted by Gasteiger charge is -2.10. The molecule has 0 fully saturated rings. The number of anilines is 1. The summed E-state index contributed by atoms with van der Waals surface area (Å²) in [5.41, 5.74) is 2.86. The molecule has 1 N–H and O–H groups in total. The van der Waals surface area contributed by atoms with Crippen LogP contribution in [-0.4, -0.2) is 26.4 Å². The maximum atomic E-state index is 12.7.